The van der Waals surface area contributed by atoms with Gasteiger partial charge in [0.05, 0.1) is 18.5 Å². The number of para-hydroxylation sites is 2. The highest BCUT2D eigenvalue weighted by atomic mass is 16.5. The summed E-state index contributed by atoms with van der Waals surface area (Å²) in [5.41, 5.74) is 7.41. The first-order chi connectivity index (χ1) is 7.61. The maximum Gasteiger partial charge on any atom is 0.328 e. The smallest absolute Gasteiger partial charge is 0.328 e. The Kier molecular flexibility index (Phi) is 4.17. The van der Waals surface area contributed by atoms with E-state index in [0.29, 0.717) is 12.2 Å². The zero-order valence-electron chi connectivity index (χ0n) is 9.93. The molecular formula is C12H18N2O2. The van der Waals surface area contributed by atoms with Crippen molar-refractivity contribution in [3.63, 3.8) is 0 Å². The molecule has 88 valence electrons. The molecule has 1 rings (SSSR count). The van der Waals surface area contributed by atoms with Gasteiger partial charge in [0, 0.05) is 6.54 Å². The minimum atomic E-state index is -0.334. The highest BCUT2D eigenvalue weighted by molar-refractivity contribution is 5.81. The summed E-state index contributed by atoms with van der Waals surface area (Å²) in [6.45, 7) is 4.48. The number of nitrogens with zero attached hydrogens (tertiary/aromatic N) is 1. The van der Waals surface area contributed by atoms with Crippen LogP contribution in [0.1, 0.15) is 13.8 Å². The average Bonchev–Trinajstić information content (AvgIpc) is 2.31. The van der Waals surface area contributed by atoms with Gasteiger partial charge in [-0.15, -0.1) is 0 Å². The zero-order chi connectivity index (χ0) is 12.1. The van der Waals surface area contributed by atoms with Crippen molar-refractivity contribution >= 4 is 17.3 Å². The second kappa shape index (κ2) is 5.39. The molecule has 0 spiro atoms. The summed E-state index contributed by atoms with van der Waals surface area (Å²) in [4.78, 5) is 13.4. The fourth-order valence-corrected chi connectivity index (χ4v) is 1.70. The summed E-state index contributed by atoms with van der Waals surface area (Å²) >= 11 is 0. The second-order valence-electron chi connectivity index (χ2n) is 3.54. The van der Waals surface area contributed by atoms with Crippen LogP contribution in [-0.4, -0.2) is 25.7 Å². The van der Waals surface area contributed by atoms with Crippen molar-refractivity contribution in [2.45, 2.75) is 19.9 Å². The van der Waals surface area contributed by atoms with Crippen LogP contribution in [0.4, 0.5) is 11.4 Å². The molecule has 0 aromatic heterocycles. The molecule has 2 N–H and O–H groups in total. The molecule has 0 aliphatic carbocycles. The third-order valence-corrected chi connectivity index (χ3v) is 2.60. The fraction of sp³-hybridized carbons (Fsp3) is 0.417. The van der Waals surface area contributed by atoms with E-state index in [0.717, 1.165) is 5.69 Å². The molecule has 0 bridgehead atoms. The molecule has 1 atom stereocenters. The van der Waals surface area contributed by atoms with Crippen molar-refractivity contribution in [1.82, 2.24) is 0 Å². The molecule has 0 amide bonds. The molecule has 0 radical (unpaired) electrons. The van der Waals surface area contributed by atoms with E-state index in [9.17, 15) is 4.79 Å². The molecule has 0 saturated heterocycles. The van der Waals surface area contributed by atoms with Crippen LogP contribution in [-0.2, 0) is 9.53 Å². The summed E-state index contributed by atoms with van der Waals surface area (Å²) in [6.07, 6.45) is 0. The van der Waals surface area contributed by atoms with Gasteiger partial charge in [0.1, 0.15) is 6.04 Å². The lowest BCUT2D eigenvalue weighted by Crippen LogP contribution is -2.40. The van der Waals surface area contributed by atoms with Gasteiger partial charge in [0.15, 0.2) is 0 Å². The molecule has 4 heteroatoms. The lowest BCUT2D eigenvalue weighted by atomic mass is 10.2. The summed E-state index contributed by atoms with van der Waals surface area (Å²) in [5.74, 6) is -0.259. The third-order valence-electron chi connectivity index (χ3n) is 2.60. The van der Waals surface area contributed by atoms with Crippen molar-refractivity contribution in [1.29, 1.82) is 0 Å². The Morgan fingerprint density at radius 2 is 2.12 bits per heavy atom. The van der Waals surface area contributed by atoms with Crippen LogP contribution in [0.15, 0.2) is 24.3 Å². The van der Waals surface area contributed by atoms with Crippen LogP contribution >= 0.6 is 0 Å². The van der Waals surface area contributed by atoms with Gasteiger partial charge < -0.3 is 15.4 Å². The van der Waals surface area contributed by atoms with E-state index < -0.39 is 0 Å². The van der Waals surface area contributed by atoms with E-state index >= 15 is 0 Å². The van der Waals surface area contributed by atoms with Gasteiger partial charge in [-0.2, -0.15) is 0 Å². The number of ether oxygens (including phenoxy) is 1. The van der Waals surface area contributed by atoms with Crippen LogP contribution in [0.5, 0.6) is 0 Å². The normalized spacial score (nSPS) is 11.9. The predicted octanol–water partition coefficient (Wildman–Crippen LogP) is 1.66. The van der Waals surface area contributed by atoms with Gasteiger partial charge in [0.25, 0.3) is 0 Å². The quantitative estimate of drug-likeness (QED) is 0.621. The Bertz CT molecular complexity index is 366. The number of nitrogen functional groups attached to an aromatic ring is 1. The number of benzene rings is 1. The van der Waals surface area contributed by atoms with Crippen molar-refractivity contribution in [2.24, 2.45) is 0 Å². The first-order valence-electron chi connectivity index (χ1n) is 5.30. The summed E-state index contributed by atoms with van der Waals surface area (Å²) in [7, 11) is 1.39. The number of carbonyl (C=O) groups excluding carboxylic acids is 1. The van der Waals surface area contributed by atoms with E-state index in [2.05, 4.69) is 0 Å². The molecule has 16 heavy (non-hydrogen) atoms. The third kappa shape index (κ3) is 2.45. The Labute approximate surface area is 96.0 Å². The summed E-state index contributed by atoms with van der Waals surface area (Å²) in [5, 5.41) is 0. The number of nitrogens with two attached hydrogens (primary N) is 1. The fourth-order valence-electron chi connectivity index (χ4n) is 1.70. The van der Waals surface area contributed by atoms with Crippen LogP contribution in [0, 0.1) is 0 Å². The monoisotopic (exact) mass is 222 g/mol. The Morgan fingerprint density at radius 1 is 1.50 bits per heavy atom. The molecule has 0 fully saturated rings. The first kappa shape index (κ1) is 12.4. The van der Waals surface area contributed by atoms with Crippen LogP contribution in [0.3, 0.4) is 0 Å². The van der Waals surface area contributed by atoms with Crippen molar-refractivity contribution in [3.8, 4) is 0 Å². The first-order valence-corrected chi connectivity index (χ1v) is 5.30. The molecule has 0 heterocycles. The topological polar surface area (TPSA) is 55.6 Å². The van der Waals surface area contributed by atoms with Crippen LogP contribution in [0.2, 0.25) is 0 Å². The number of likely N-dealkylation sites (N-methyl/N-ethyl adjacent to an activating group) is 1. The maximum absolute atomic E-state index is 11.5. The van der Waals surface area contributed by atoms with E-state index in [4.69, 9.17) is 10.5 Å². The van der Waals surface area contributed by atoms with E-state index in [1.807, 2.05) is 43.0 Å². The summed E-state index contributed by atoms with van der Waals surface area (Å²) in [6, 6.07) is 7.16. The number of anilines is 2. The number of esters is 1. The van der Waals surface area contributed by atoms with Gasteiger partial charge in [-0.05, 0) is 26.0 Å². The Morgan fingerprint density at radius 3 is 2.62 bits per heavy atom. The molecular weight excluding hydrogens is 204 g/mol. The van der Waals surface area contributed by atoms with Crippen molar-refractivity contribution in [2.75, 3.05) is 24.3 Å². The van der Waals surface area contributed by atoms with Crippen molar-refractivity contribution < 1.29 is 9.53 Å². The van der Waals surface area contributed by atoms with Gasteiger partial charge in [-0.1, -0.05) is 12.1 Å². The Balaban J connectivity index is 2.99. The number of hydrogen-bond donors (Lipinski definition) is 1. The van der Waals surface area contributed by atoms with E-state index in [1.165, 1.54) is 7.11 Å². The summed E-state index contributed by atoms with van der Waals surface area (Å²) < 4.78 is 4.73. The molecule has 1 unspecified atom stereocenters. The van der Waals surface area contributed by atoms with Gasteiger partial charge >= 0.3 is 5.97 Å². The standard InChI is InChI=1S/C12H18N2O2/c1-4-14(9(2)12(15)16-3)11-8-6-5-7-10(11)13/h5-9H,4,13H2,1-3H3. The largest absolute Gasteiger partial charge is 0.467 e. The minimum Gasteiger partial charge on any atom is -0.467 e. The molecule has 1 aromatic carbocycles. The minimum absolute atomic E-state index is 0.259. The highest BCUT2D eigenvalue weighted by Crippen LogP contribution is 2.24. The second-order valence-corrected chi connectivity index (χ2v) is 3.54. The maximum atomic E-state index is 11.5. The van der Waals surface area contributed by atoms with Crippen LogP contribution in [0.25, 0.3) is 0 Å². The highest BCUT2D eigenvalue weighted by Gasteiger charge is 2.21. The van der Waals surface area contributed by atoms with E-state index in [-0.39, 0.29) is 12.0 Å². The molecule has 0 aliphatic rings. The average molecular weight is 222 g/mol. The SMILES string of the molecule is CCN(c1ccccc1N)C(C)C(=O)OC. The predicted molar refractivity (Wildman–Crippen MR) is 65.4 cm³/mol. The number of carbonyl (C=O) groups is 1. The lowest BCUT2D eigenvalue weighted by Gasteiger charge is -2.29. The number of methoxy groups -OCH3 is 1. The zero-order valence-corrected chi connectivity index (χ0v) is 9.93. The van der Waals surface area contributed by atoms with Gasteiger partial charge in [0.2, 0.25) is 0 Å². The van der Waals surface area contributed by atoms with Crippen LogP contribution < -0.4 is 10.6 Å². The number of hydrogen-bond acceptors (Lipinski definition) is 4. The number of rotatable bonds is 4. The molecule has 4 nitrogen and oxygen atoms in total. The van der Waals surface area contributed by atoms with Gasteiger partial charge in [-0.25, -0.2) is 4.79 Å². The van der Waals surface area contributed by atoms with Crippen molar-refractivity contribution in [3.05, 3.63) is 24.3 Å². The molecule has 0 aliphatic heterocycles. The Hall–Kier alpha value is -1.71. The van der Waals surface area contributed by atoms with E-state index in [1.54, 1.807) is 0 Å². The molecule has 0 saturated carbocycles. The molecule has 1 aromatic rings. The van der Waals surface area contributed by atoms with Gasteiger partial charge in [-0.3, -0.25) is 0 Å². The lowest BCUT2D eigenvalue weighted by molar-refractivity contribution is -0.141.